The van der Waals surface area contributed by atoms with Gasteiger partial charge in [0.05, 0.1) is 19.1 Å². The summed E-state index contributed by atoms with van der Waals surface area (Å²) in [6.45, 7) is 1.44. The molecule has 1 aromatic rings. The maximum Gasteiger partial charge on any atom is 0.328 e. The maximum absolute atomic E-state index is 12.4. The fourth-order valence-corrected chi connectivity index (χ4v) is 3.13. The number of carbonyl (C=O) groups excluding carboxylic acids is 3. The van der Waals surface area contributed by atoms with E-state index in [0.717, 1.165) is 16.7 Å². The van der Waals surface area contributed by atoms with E-state index in [4.69, 9.17) is 16.3 Å². The van der Waals surface area contributed by atoms with Crippen LogP contribution in [0.3, 0.4) is 0 Å². The van der Waals surface area contributed by atoms with E-state index in [1.54, 1.807) is 18.2 Å². The van der Waals surface area contributed by atoms with Gasteiger partial charge in [-0.05, 0) is 43.0 Å². The van der Waals surface area contributed by atoms with Crippen LogP contribution in [-0.4, -0.2) is 42.3 Å². The van der Waals surface area contributed by atoms with Crippen LogP contribution < -0.4 is 4.74 Å². The quantitative estimate of drug-likeness (QED) is 0.610. The highest BCUT2D eigenvalue weighted by Crippen LogP contribution is 2.35. The third-order valence-corrected chi connectivity index (χ3v) is 4.35. The Kier molecular flexibility index (Phi) is 5.33. The zero-order valence-electron chi connectivity index (χ0n) is 12.7. The predicted octanol–water partition coefficient (Wildman–Crippen LogP) is 2.95. The summed E-state index contributed by atoms with van der Waals surface area (Å²) >= 11 is 6.70. The molecule has 0 radical (unpaired) electrons. The fourth-order valence-electron chi connectivity index (χ4n) is 2.05. The van der Waals surface area contributed by atoms with E-state index in [1.807, 2.05) is 0 Å². The Bertz CT molecular complexity index is 703. The molecule has 6 nitrogen and oxygen atoms in total. The Labute approximate surface area is 142 Å². The van der Waals surface area contributed by atoms with Gasteiger partial charge in [-0.3, -0.25) is 14.5 Å². The number of nitrogens with zero attached hydrogens (tertiary/aromatic N) is 1. The van der Waals surface area contributed by atoms with Crippen molar-refractivity contribution < 1.29 is 23.9 Å². The molecule has 23 heavy (non-hydrogen) atoms. The summed E-state index contributed by atoms with van der Waals surface area (Å²) in [5.74, 6) is -0.698. The molecule has 1 aliphatic heterocycles. The number of thioether (sulfide) groups is 1. The van der Waals surface area contributed by atoms with E-state index in [-0.39, 0.29) is 4.91 Å². The third kappa shape index (κ3) is 3.51. The Morgan fingerprint density at radius 2 is 2.04 bits per heavy atom. The van der Waals surface area contributed by atoms with Crippen LogP contribution in [0, 0.1) is 0 Å². The van der Waals surface area contributed by atoms with Crippen molar-refractivity contribution in [2.75, 3.05) is 14.2 Å². The number of carbonyl (C=O) groups is 3. The number of imide groups is 1. The molecule has 0 saturated carbocycles. The van der Waals surface area contributed by atoms with Crippen molar-refractivity contribution in [1.29, 1.82) is 0 Å². The molecule has 2 amide bonds. The normalized spacial score (nSPS) is 17.6. The Morgan fingerprint density at radius 1 is 1.35 bits per heavy atom. The number of ether oxygens (including phenoxy) is 2. The summed E-state index contributed by atoms with van der Waals surface area (Å²) in [6, 6.07) is 3.95. The monoisotopic (exact) mass is 355 g/mol. The molecule has 1 heterocycles. The molecule has 0 aromatic heterocycles. The summed E-state index contributed by atoms with van der Waals surface area (Å²) < 4.78 is 9.78. The highest BCUT2D eigenvalue weighted by molar-refractivity contribution is 8.18. The molecule has 1 aromatic carbocycles. The zero-order valence-corrected chi connectivity index (χ0v) is 14.2. The molecule has 8 heteroatoms. The van der Waals surface area contributed by atoms with Crippen molar-refractivity contribution in [3.63, 3.8) is 0 Å². The molecule has 0 spiro atoms. The van der Waals surface area contributed by atoms with Gasteiger partial charge in [0.1, 0.15) is 11.8 Å². The molecule has 1 atom stereocenters. The summed E-state index contributed by atoms with van der Waals surface area (Å²) in [7, 11) is 2.69. The van der Waals surface area contributed by atoms with Crippen molar-refractivity contribution in [3.8, 4) is 5.75 Å². The van der Waals surface area contributed by atoms with Crippen LogP contribution in [0.1, 0.15) is 12.5 Å². The molecule has 2 rings (SSSR count). The smallest absolute Gasteiger partial charge is 0.328 e. The zero-order chi connectivity index (χ0) is 17.1. The van der Waals surface area contributed by atoms with Gasteiger partial charge in [0.2, 0.25) is 0 Å². The number of hydrogen-bond donors (Lipinski definition) is 0. The van der Waals surface area contributed by atoms with Gasteiger partial charge in [-0.2, -0.15) is 0 Å². The molecule has 0 bridgehead atoms. The van der Waals surface area contributed by atoms with Gasteiger partial charge in [0, 0.05) is 10.6 Å². The second kappa shape index (κ2) is 7.06. The third-order valence-electron chi connectivity index (χ3n) is 3.23. The maximum atomic E-state index is 12.4. The molecule has 122 valence electrons. The van der Waals surface area contributed by atoms with Gasteiger partial charge in [-0.15, -0.1) is 0 Å². The Hall–Kier alpha value is -1.99. The molecule has 1 aliphatic rings. The minimum Gasteiger partial charge on any atom is -0.496 e. The second-order valence-electron chi connectivity index (χ2n) is 4.64. The van der Waals surface area contributed by atoms with E-state index in [0.29, 0.717) is 16.3 Å². The number of amides is 2. The van der Waals surface area contributed by atoms with Crippen LogP contribution in [0.15, 0.2) is 23.1 Å². The number of rotatable bonds is 4. The molecule has 1 fully saturated rings. The van der Waals surface area contributed by atoms with Crippen molar-refractivity contribution in [3.05, 3.63) is 33.7 Å². The van der Waals surface area contributed by atoms with Crippen LogP contribution >= 0.6 is 23.4 Å². The topological polar surface area (TPSA) is 72.9 Å². The first-order valence-corrected chi connectivity index (χ1v) is 7.77. The number of halogens is 1. The van der Waals surface area contributed by atoms with Crippen LogP contribution in [0.25, 0.3) is 6.08 Å². The first kappa shape index (κ1) is 17.4. The lowest BCUT2D eigenvalue weighted by Crippen LogP contribution is -2.42. The number of benzene rings is 1. The fraction of sp³-hybridized carbons (Fsp3) is 0.267. The van der Waals surface area contributed by atoms with Gasteiger partial charge in [-0.1, -0.05) is 11.6 Å². The average molecular weight is 356 g/mol. The molecule has 1 saturated heterocycles. The standard InChI is InChI=1S/C15H14ClNO5S/c1-8(14(19)22-3)17-13(18)12(23-15(17)20)7-9-6-10(16)4-5-11(9)21-2/h4-8H,1-3H3/b12-7-/t8-/m1/s1. The molecule has 0 N–H and O–H groups in total. The summed E-state index contributed by atoms with van der Waals surface area (Å²) in [5, 5.41) is -0.0562. The molecular weight excluding hydrogens is 342 g/mol. The van der Waals surface area contributed by atoms with E-state index < -0.39 is 23.2 Å². The Morgan fingerprint density at radius 3 is 2.65 bits per heavy atom. The second-order valence-corrected chi connectivity index (χ2v) is 6.07. The van der Waals surface area contributed by atoms with E-state index in [1.165, 1.54) is 27.2 Å². The van der Waals surface area contributed by atoms with Crippen LogP contribution in [0.2, 0.25) is 5.02 Å². The highest BCUT2D eigenvalue weighted by Gasteiger charge is 2.41. The lowest BCUT2D eigenvalue weighted by molar-refractivity contribution is -0.148. The largest absolute Gasteiger partial charge is 0.496 e. The van der Waals surface area contributed by atoms with Crippen molar-refractivity contribution >= 4 is 46.6 Å². The number of methoxy groups -OCH3 is 2. The summed E-state index contributed by atoms with van der Waals surface area (Å²) in [4.78, 5) is 37.1. The average Bonchev–Trinajstić information content (AvgIpc) is 2.80. The first-order chi connectivity index (χ1) is 10.9. The minimum atomic E-state index is -0.986. The molecular formula is C15H14ClNO5S. The van der Waals surface area contributed by atoms with Crippen molar-refractivity contribution in [2.24, 2.45) is 0 Å². The first-order valence-electron chi connectivity index (χ1n) is 6.57. The van der Waals surface area contributed by atoms with Crippen LogP contribution in [-0.2, 0) is 14.3 Å². The van der Waals surface area contributed by atoms with Gasteiger partial charge < -0.3 is 9.47 Å². The van der Waals surface area contributed by atoms with Gasteiger partial charge in [0.15, 0.2) is 0 Å². The van der Waals surface area contributed by atoms with Gasteiger partial charge in [0.25, 0.3) is 11.1 Å². The van der Waals surface area contributed by atoms with Gasteiger partial charge >= 0.3 is 5.97 Å². The van der Waals surface area contributed by atoms with Crippen LogP contribution in [0.5, 0.6) is 5.75 Å². The van der Waals surface area contributed by atoms with E-state index >= 15 is 0 Å². The van der Waals surface area contributed by atoms with Crippen LogP contribution in [0.4, 0.5) is 4.79 Å². The summed E-state index contributed by atoms with van der Waals surface area (Å²) in [6.07, 6.45) is 1.51. The highest BCUT2D eigenvalue weighted by atomic mass is 35.5. The molecule has 0 aliphatic carbocycles. The Balaban J connectivity index is 2.36. The number of esters is 1. The lowest BCUT2D eigenvalue weighted by atomic mass is 10.1. The SMILES string of the molecule is COC(=O)[C@@H](C)N1C(=O)S/C(=C\c2cc(Cl)ccc2OC)C1=O. The van der Waals surface area contributed by atoms with Gasteiger partial charge in [-0.25, -0.2) is 4.79 Å². The van der Waals surface area contributed by atoms with Crippen molar-refractivity contribution in [2.45, 2.75) is 13.0 Å². The predicted molar refractivity (Wildman–Crippen MR) is 87.3 cm³/mol. The summed E-state index contributed by atoms with van der Waals surface area (Å²) in [5.41, 5.74) is 0.566. The lowest BCUT2D eigenvalue weighted by Gasteiger charge is -2.18. The minimum absolute atomic E-state index is 0.186. The van der Waals surface area contributed by atoms with E-state index in [9.17, 15) is 14.4 Å². The van der Waals surface area contributed by atoms with E-state index in [2.05, 4.69) is 4.74 Å². The van der Waals surface area contributed by atoms with Crippen molar-refractivity contribution in [1.82, 2.24) is 4.90 Å². The number of hydrogen-bond acceptors (Lipinski definition) is 6. The molecule has 0 unspecified atom stereocenters.